The molecule has 6 nitrogen and oxygen atoms in total. The SMILES string of the molecule is CN(C(=O)OC(C)(C)C)C12CC1CN(C(=O)OCc1ccccc1)C2. The predicted octanol–water partition coefficient (Wildman–Crippen LogP) is 3.26. The van der Waals surface area contributed by atoms with Crippen molar-refractivity contribution in [1.29, 1.82) is 0 Å². The van der Waals surface area contributed by atoms with Gasteiger partial charge in [-0.1, -0.05) is 30.3 Å². The van der Waals surface area contributed by atoms with Gasteiger partial charge in [0.2, 0.25) is 0 Å². The van der Waals surface area contributed by atoms with E-state index in [1.165, 1.54) is 0 Å². The summed E-state index contributed by atoms with van der Waals surface area (Å²) >= 11 is 0. The van der Waals surface area contributed by atoms with Crippen molar-refractivity contribution in [3.8, 4) is 0 Å². The molecule has 1 saturated carbocycles. The van der Waals surface area contributed by atoms with E-state index in [1.807, 2.05) is 51.1 Å². The first-order valence-corrected chi connectivity index (χ1v) is 8.64. The lowest BCUT2D eigenvalue weighted by Gasteiger charge is -2.31. The van der Waals surface area contributed by atoms with Crippen LogP contribution in [0.5, 0.6) is 0 Å². The van der Waals surface area contributed by atoms with Crippen LogP contribution in [0.2, 0.25) is 0 Å². The molecule has 1 aromatic rings. The fourth-order valence-corrected chi connectivity index (χ4v) is 3.44. The van der Waals surface area contributed by atoms with E-state index in [0.717, 1.165) is 12.0 Å². The molecular weight excluding hydrogens is 320 g/mol. The van der Waals surface area contributed by atoms with Gasteiger partial charge in [-0.25, -0.2) is 9.59 Å². The maximum absolute atomic E-state index is 12.3. The van der Waals surface area contributed by atoms with Crippen molar-refractivity contribution in [2.75, 3.05) is 20.1 Å². The molecule has 2 atom stereocenters. The van der Waals surface area contributed by atoms with Crippen LogP contribution in [0, 0.1) is 5.92 Å². The molecule has 0 spiro atoms. The fourth-order valence-electron chi connectivity index (χ4n) is 3.44. The first-order chi connectivity index (χ1) is 11.7. The largest absolute Gasteiger partial charge is 0.445 e. The van der Waals surface area contributed by atoms with Crippen LogP contribution >= 0.6 is 0 Å². The van der Waals surface area contributed by atoms with Gasteiger partial charge in [-0.15, -0.1) is 0 Å². The lowest BCUT2D eigenvalue weighted by molar-refractivity contribution is 0.0177. The maximum Gasteiger partial charge on any atom is 0.410 e. The van der Waals surface area contributed by atoms with E-state index < -0.39 is 5.60 Å². The Morgan fingerprint density at radius 2 is 1.96 bits per heavy atom. The van der Waals surface area contributed by atoms with Gasteiger partial charge in [-0.3, -0.25) is 0 Å². The van der Waals surface area contributed by atoms with Crippen LogP contribution in [-0.4, -0.2) is 53.3 Å². The lowest BCUT2D eigenvalue weighted by Crippen LogP contribution is -2.46. The number of likely N-dealkylation sites (tertiary alicyclic amines) is 1. The summed E-state index contributed by atoms with van der Waals surface area (Å²) < 4.78 is 10.9. The molecule has 1 heterocycles. The molecule has 2 fully saturated rings. The van der Waals surface area contributed by atoms with Crippen molar-refractivity contribution in [2.24, 2.45) is 5.92 Å². The van der Waals surface area contributed by atoms with E-state index in [4.69, 9.17) is 9.47 Å². The highest BCUT2D eigenvalue weighted by molar-refractivity contribution is 5.72. The lowest BCUT2D eigenvalue weighted by atomic mass is 10.2. The summed E-state index contributed by atoms with van der Waals surface area (Å²) in [6.45, 7) is 6.94. The number of hydrogen-bond acceptors (Lipinski definition) is 4. The number of piperidine rings is 1. The average Bonchev–Trinajstić information content (AvgIpc) is 3.12. The second-order valence-electron chi connectivity index (χ2n) is 7.96. The first kappa shape index (κ1) is 17.6. The normalized spacial score (nSPS) is 24.5. The summed E-state index contributed by atoms with van der Waals surface area (Å²) in [6.07, 6.45) is 0.244. The van der Waals surface area contributed by atoms with Crippen LogP contribution in [0.4, 0.5) is 9.59 Å². The van der Waals surface area contributed by atoms with Crippen LogP contribution in [0.15, 0.2) is 30.3 Å². The van der Waals surface area contributed by atoms with Crippen LogP contribution in [0.1, 0.15) is 32.8 Å². The van der Waals surface area contributed by atoms with Crippen molar-refractivity contribution < 1.29 is 19.1 Å². The number of benzene rings is 1. The Kier molecular flexibility index (Phi) is 4.39. The molecular formula is C19H26N2O4. The van der Waals surface area contributed by atoms with Crippen LogP contribution < -0.4 is 0 Å². The van der Waals surface area contributed by atoms with E-state index in [1.54, 1.807) is 16.8 Å². The van der Waals surface area contributed by atoms with Crippen LogP contribution in [0.25, 0.3) is 0 Å². The zero-order chi connectivity index (χ0) is 18.2. The van der Waals surface area contributed by atoms with Gasteiger partial charge in [0.25, 0.3) is 0 Å². The summed E-state index contributed by atoms with van der Waals surface area (Å²) in [4.78, 5) is 28.0. The molecule has 2 unspecified atom stereocenters. The summed E-state index contributed by atoms with van der Waals surface area (Å²) in [6, 6.07) is 9.60. The summed E-state index contributed by atoms with van der Waals surface area (Å²) in [7, 11) is 1.76. The van der Waals surface area contributed by atoms with Gasteiger partial charge < -0.3 is 19.3 Å². The van der Waals surface area contributed by atoms with Crippen molar-refractivity contribution in [1.82, 2.24) is 9.80 Å². The zero-order valence-corrected chi connectivity index (χ0v) is 15.3. The van der Waals surface area contributed by atoms with Gasteiger partial charge in [0.05, 0.1) is 5.54 Å². The third-order valence-corrected chi connectivity index (χ3v) is 4.90. The second-order valence-corrected chi connectivity index (χ2v) is 7.96. The van der Waals surface area contributed by atoms with E-state index in [0.29, 0.717) is 19.0 Å². The quantitative estimate of drug-likeness (QED) is 0.843. The first-order valence-electron chi connectivity index (χ1n) is 8.64. The molecule has 1 saturated heterocycles. The number of carbonyl (C=O) groups excluding carboxylic acids is 2. The highest BCUT2D eigenvalue weighted by Crippen LogP contribution is 2.53. The Morgan fingerprint density at radius 1 is 1.28 bits per heavy atom. The monoisotopic (exact) mass is 346 g/mol. The Bertz CT molecular complexity index is 655. The Hall–Kier alpha value is -2.24. The number of nitrogens with zero attached hydrogens (tertiary/aromatic N) is 2. The van der Waals surface area contributed by atoms with E-state index >= 15 is 0 Å². The van der Waals surface area contributed by atoms with Gasteiger partial charge in [0.15, 0.2) is 0 Å². The molecule has 0 bridgehead atoms. The summed E-state index contributed by atoms with van der Waals surface area (Å²) in [5, 5.41) is 0. The highest BCUT2D eigenvalue weighted by atomic mass is 16.6. The molecule has 2 amide bonds. The van der Waals surface area contributed by atoms with Gasteiger partial charge >= 0.3 is 12.2 Å². The Labute approximate surface area is 148 Å². The number of fused-ring (bicyclic) bond motifs is 1. The topological polar surface area (TPSA) is 59.1 Å². The van der Waals surface area contributed by atoms with E-state index in [9.17, 15) is 9.59 Å². The van der Waals surface area contributed by atoms with Gasteiger partial charge in [0.1, 0.15) is 12.2 Å². The number of likely N-dealkylation sites (N-methyl/N-ethyl adjacent to an activating group) is 1. The third-order valence-electron chi connectivity index (χ3n) is 4.90. The smallest absolute Gasteiger partial charge is 0.410 e. The van der Waals surface area contributed by atoms with E-state index in [-0.39, 0.29) is 24.3 Å². The van der Waals surface area contributed by atoms with Gasteiger partial charge in [0, 0.05) is 26.1 Å². The molecule has 0 N–H and O–H groups in total. The van der Waals surface area contributed by atoms with Gasteiger partial charge in [-0.05, 0) is 32.8 Å². The standard InChI is InChI=1S/C19H26N2O4/c1-18(2,3)25-16(22)20(4)19-10-15(19)11-21(13-19)17(23)24-12-14-8-6-5-7-9-14/h5-9,15H,10-13H2,1-4H3. The number of amides is 2. The molecule has 1 aliphatic carbocycles. The highest BCUT2D eigenvalue weighted by Gasteiger charge is 2.65. The van der Waals surface area contributed by atoms with E-state index in [2.05, 4.69) is 0 Å². The number of rotatable bonds is 3. The number of hydrogen-bond donors (Lipinski definition) is 0. The van der Waals surface area contributed by atoms with Crippen LogP contribution in [-0.2, 0) is 16.1 Å². The molecule has 25 heavy (non-hydrogen) atoms. The fraction of sp³-hybridized carbons (Fsp3) is 0.579. The second kappa shape index (κ2) is 6.24. The van der Waals surface area contributed by atoms with Crippen LogP contribution in [0.3, 0.4) is 0 Å². The number of carbonyl (C=O) groups is 2. The third kappa shape index (κ3) is 3.72. The average molecular weight is 346 g/mol. The number of ether oxygens (including phenoxy) is 2. The van der Waals surface area contributed by atoms with Crippen molar-refractivity contribution in [2.45, 2.75) is 44.9 Å². The molecule has 3 rings (SSSR count). The summed E-state index contributed by atoms with van der Waals surface area (Å²) in [5.41, 5.74) is 0.133. The van der Waals surface area contributed by atoms with Gasteiger partial charge in [-0.2, -0.15) is 0 Å². The summed E-state index contributed by atoms with van der Waals surface area (Å²) in [5.74, 6) is 0.300. The molecule has 1 aromatic carbocycles. The minimum absolute atomic E-state index is 0.260. The molecule has 0 radical (unpaired) electrons. The minimum Gasteiger partial charge on any atom is -0.445 e. The minimum atomic E-state index is -0.528. The Balaban J connectivity index is 1.54. The molecule has 1 aliphatic heterocycles. The van der Waals surface area contributed by atoms with Crippen molar-refractivity contribution in [3.63, 3.8) is 0 Å². The molecule has 6 heteroatoms. The van der Waals surface area contributed by atoms with Crippen molar-refractivity contribution in [3.05, 3.63) is 35.9 Å². The molecule has 2 aliphatic rings. The Morgan fingerprint density at radius 3 is 2.60 bits per heavy atom. The zero-order valence-electron chi connectivity index (χ0n) is 15.3. The maximum atomic E-state index is 12.3. The predicted molar refractivity (Wildman–Crippen MR) is 93.0 cm³/mol. The molecule has 0 aromatic heterocycles. The molecule has 136 valence electrons. The van der Waals surface area contributed by atoms with Crippen molar-refractivity contribution >= 4 is 12.2 Å².